The Morgan fingerprint density at radius 1 is 1.15 bits per heavy atom. The van der Waals surface area contributed by atoms with Crippen LogP contribution in [0.2, 0.25) is 0 Å². The first-order valence-electron chi connectivity index (χ1n) is 9.44. The van der Waals surface area contributed by atoms with E-state index in [-0.39, 0.29) is 41.5 Å². The monoisotopic (exact) mass is 378 g/mol. The van der Waals surface area contributed by atoms with Gasteiger partial charge in [-0.3, -0.25) is 9.59 Å². The Morgan fingerprint density at radius 3 is 2.46 bits per heavy atom. The molecule has 1 heterocycles. The van der Waals surface area contributed by atoms with E-state index in [0.29, 0.717) is 0 Å². The minimum atomic E-state index is -0.256. The minimum absolute atomic E-state index is 0. The van der Waals surface area contributed by atoms with E-state index in [2.05, 4.69) is 19.2 Å². The van der Waals surface area contributed by atoms with E-state index in [1.807, 2.05) is 38.1 Å². The topological polar surface area (TPSA) is 51.1 Å². The summed E-state index contributed by atoms with van der Waals surface area (Å²) in [6, 6.07) is 9.57. The molecule has 26 heavy (non-hydrogen) atoms. The molecular weight excluding hydrogens is 348 g/mol. The molecule has 2 rings (SSSR count). The first kappa shape index (κ1) is 22.2. The van der Waals surface area contributed by atoms with Gasteiger partial charge in [-0.1, -0.05) is 51.3 Å². The van der Waals surface area contributed by atoms with Crippen molar-refractivity contribution in [1.29, 1.82) is 0 Å². The number of para-hydroxylation sites is 1. The van der Waals surface area contributed by atoms with Crippen LogP contribution in [-0.2, 0) is 0 Å². The highest BCUT2D eigenvalue weighted by Crippen LogP contribution is 2.17. The van der Waals surface area contributed by atoms with E-state index in [9.17, 15) is 9.59 Å². The third-order valence-electron chi connectivity index (χ3n) is 4.69. The molecule has 0 saturated carbocycles. The standard InChI is InChI=1S/C21H30N2O2.ClH/c1-5-7-8-12-17(6-2)22-20(24)18-14-16-11-9-10-13-19(16)23(15(3)4)21(18)25;/h9-11,13-15,17H,5-8,12H2,1-4H3,(H,22,24);1H. The van der Waals surface area contributed by atoms with Gasteiger partial charge >= 0.3 is 0 Å². The Labute approximate surface area is 162 Å². The number of aromatic nitrogens is 1. The van der Waals surface area contributed by atoms with Crippen LogP contribution in [0, 0.1) is 0 Å². The zero-order valence-electron chi connectivity index (χ0n) is 16.2. The first-order chi connectivity index (χ1) is 12.0. The van der Waals surface area contributed by atoms with Crippen LogP contribution >= 0.6 is 12.4 Å². The molecule has 0 fully saturated rings. The van der Waals surface area contributed by atoms with Gasteiger partial charge in [-0.2, -0.15) is 0 Å². The predicted molar refractivity (Wildman–Crippen MR) is 112 cm³/mol. The molecule has 4 nitrogen and oxygen atoms in total. The molecule has 0 aliphatic rings. The molecule has 0 saturated heterocycles. The van der Waals surface area contributed by atoms with E-state index in [1.165, 1.54) is 6.42 Å². The summed E-state index contributed by atoms with van der Waals surface area (Å²) >= 11 is 0. The number of carbonyl (C=O) groups excluding carboxylic acids is 1. The average Bonchev–Trinajstić information content (AvgIpc) is 2.59. The molecule has 5 heteroatoms. The van der Waals surface area contributed by atoms with Crippen molar-refractivity contribution in [2.75, 3.05) is 0 Å². The number of nitrogens with one attached hydrogen (secondary N) is 1. The van der Waals surface area contributed by atoms with Crippen molar-refractivity contribution in [3.8, 4) is 0 Å². The van der Waals surface area contributed by atoms with Crippen LogP contribution in [0.4, 0.5) is 0 Å². The molecule has 1 aromatic carbocycles. The van der Waals surface area contributed by atoms with Crippen molar-refractivity contribution in [1.82, 2.24) is 9.88 Å². The molecule has 0 bridgehead atoms. The minimum Gasteiger partial charge on any atom is -0.349 e. The number of benzene rings is 1. The van der Waals surface area contributed by atoms with Crippen molar-refractivity contribution >= 4 is 29.2 Å². The number of hydrogen-bond acceptors (Lipinski definition) is 2. The Bertz CT molecular complexity index is 783. The molecule has 1 N–H and O–H groups in total. The lowest BCUT2D eigenvalue weighted by atomic mass is 10.1. The third-order valence-corrected chi connectivity index (χ3v) is 4.69. The van der Waals surface area contributed by atoms with Crippen LogP contribution in [0.3, 0.4) is 0 Å². The molecular formula is C21H31ClN2O2. The molecule has 144 valence electrons. The maximum Gasteiger partial charge on any atom is 0.264 e. The number of nitrogens with zero attached hydrogens (tertiary/aromatic N) is 1. The summed E-state index contributed by atoms with van der Waals surface area (Å²) in [4.78, 5) is 25.7. The van der Waals surface area contributed by atoms with Gasteiger partial charge in [-0.15, -0.1) is 12.4 Å². The molecule has 1 unspecified atom stereocenters. The van der Waals surface area contributed by atoms with Crippen molar-refractivity contribution < 1.29 is 4.79 Å². The lowest BCUT2D eigenvalue weighted by molar-refractivity contribution is 0.0931. The van der Waals surface area contributed by atoms with Crippen molar-refractivity contribution in [2.24, 2.45) is 0 Å². The second-order valence-electron chi connectivity index (χ2n) is 6.96. The van der Waals surface area contributed by atoms with E-state index in [0.717, 1.165) is 36.6 Å². The van der Waals surface area contributed by atoms with Crippen molar-refractivity contribution in [3.63, 3.8) is 0 Å². The number of hydrogen-bond donors (Lipinski definition) is 1. The van der Waals surface area contributed by atoms with E-state index >= 15 is 0 Å². The summed E-state index contributed by atoms with van der Waals surface area (Å²) in [5, 5.41) is 3.98. The number of halogens is 1. The first-order valence-corrected chi connectivity index (χ1v) is 9.44. The average molecular weight is 379 g/mol. The number of rotatable bonds is 8. The van der Waals surface area contributed by atoms with Gasteiger partial charge in [0.15, 0.2) is 0 Å². The fourth-order valence-corrected chi connectivity index (χ4v) is 3.24. The summed E-state index contributed by atoms with van der Waals surface area (Å²) in [6.45, 7) is 8.18. The predicted octanol–water partition coefficient (Wildman–Crippen LogP) is 5.09. The van der Waals surface area contributed by atoms with E-state index < -0.39 is 0 Å². The third kappa shape index (κ3) is 5.10. The number of amides is 1. The Kier molecular flexibility index (Phi) is 8.86. The maximum absolute atomic E-state index is 12.9. The van der Waals surface area contributed by atoms with Crippen LogP contribution in [0.15, 0.2) is 35.1 Å². The Morgan fingerprint density at radius 2 is 1.85 bits per heavy atom. The van der Waals surface area contributed by atoms with Gasteiger partial charge in [0, 0.05) is 12.1 Å². The number of pyridine rings is 1. The number of fused-ring (bicyclic) bond motifs is 1. The molecule has 2 aromatic rings. The van der Waals surface area contributed by atoms with Crippen LogP contribution in [0.25, 0.3) is 10.9 Å². The smallest absolute Gasteiger partial charge is 0.264 e. The van der Waals surface area contributed by atoms with Crippen LogP contribution in [0.5, 0.6) is 0 Å². The zero-order valence-corrected chi connectivity index (χ0v) is 17.1. The Hall–Kier alpha value is -1.81. The highest BCUT2D eigenvalue weighted by atomic mass is 35.5. The van der Waals surface area contributed by atoms with Gasteiger partial charge in [-0.05, 0) is 44.2 Å². The highest BCUT2D eigenvalue weighted by Gasteiger charge is 2.19. The maximum atomic E-state index is 12.9. The Balaban J connectivity index is 0.00000338. The van der Waals surface area contributed by atoms with E-state index in [4.69, 9.17) is 0 Å². The molecule has 1 aromatic heterocycles. The van der Waals surface area contributed by atoms with Crippen LogP contribution in [0.1, 0.15) is 76.2 Å². The summed E-state index contributed by atoms with van der Waals surface area (Å²) in [5.41, 5.74) is 0.894. The molecule has 0 radical (unpaired) electrons. The summed E-state index contributed by atoms with van der Waals surface area (Å²) in [6.07, 6.45) is 5.27. The van der Waals surface area contributed by atoms with Gasteiger partial charge in [0.2, 0.25) is 0 Å². The van der Waals surface area contributed by atoms with Gasteiger partial charge in [0.25, 0.3) is 11.5 Å². The normalized spacial score (nSPS) is 12.0. The van der Waals surface area contributed by atoms with E-state index in [1.54, 1.807) is 10.6 Å². The van der Waals surface area contributed by atoms with Gasteiger partial charge in [0.05, 0.1) is 5.52 Å². The van der Waals surface area contributed by atoms with Crippen molar-refractivity contribution in [2.45, 2.75) is 71.9 Å². The molecule has 0 spiro atoms. The highest BCUT2D eigenvalue weighted by molar-refractivity contribution is 5.97. The molecule has 0 aliphatic carbocycles. The van der Waals surface area contributed by atoms with Crippen LogP contribution < -0.4 is 10.9 Å². The lowest BCUT2D eigenvalue weighted by Crippen LogP contribution is -2.39. The van der Waals surface area contributed by atoms with Gasteiger partial charge in [0.1, 0.15) is 5.56 Å². The summed E-state index contributed by atoms with van der Waals surface area (Å²) < 4.78 is 1.71. The SMILES string of the molecule is CCCCCC(CC)NC(=O)c1cc2ccccc2n(C(C)C)c1=O.Cl. The molecule has 1 amide bonds. The summed E-state index contributed by atoms with van der Waals surface area (Å²) in [5.74, 6) is -0.256. The second-order valence-corrected chi connectivity index (χ2v) is 6.96. The van der Waals surface area contributed by atoms with Gasteiger partial charge in [-0.25, -0.2) is 0 Å². The molecule has 0 aliphatic heterocycles. The van der Waals surface area contributed by atoms with Crippen molar-refractivity contribution in [3.05, 3.63) is 46.2 Å². The molecule has 1 atom stereocenters. The largest absolute Gasteiger partial charge is 0.349 e. The second kappa shape index (κ2) is 10.4. The number of unbranched alkanes of at least 4 members (excludes halogenated alkanes) is 2. The lowest BCUT2D eigenvalue weighted by Gasteiger charge is -2.19. The quantitative estimate of drug-likeness (QED) is 0.650. The van der Waals surface area contributed by atoms with Gasteiger partial charge < -0.3 is 9.88 Å². The fraction of sp³-hybridized carbons (Fsp3) is 0.524. The summed E-state index contributed by atoms with van der Waals surface area (Å²) in [7, 11) is 0. The van der Waals surface area contributed by atoms with Crippen LogP contribution in [-0.4, -0.2) is 16.5 Å². The number of carbonyl (C=O) groups is 1. The fourth-order valence-electron chi connectivity index (χ4n) is 3.24. The zero-order chi connectivity index (χ0) is 18.4.